The van der Waals surface area contributed by atoms with Crippen LogP contribution in [0.1, 0.15) is 36.2 Å². The molecule has 1 aliphatic carbocycles. The third-order valence-corrected chi connectivity index (χ3v) is 7.74. The van der Waals surface area contributed by atoms with Gasteiger partial charge in [-0.2, -0.15) is 0 Å². The SMILES string of the molecule is CN1CCN2[C@H](C1)C(=O)N(CC1CC1)C21CCN(C(=O)c2cn3ccccc3n2)CC1. The molecule has 2 aromatic rings. The highest BCUT2D eigenvalue weighted by molar-refractivity contribution is 5.93. The summed E-state index contributed by atoms with van der Waals surface area (Å²) in [6.45, 7) is 4.95. The Morgan fingerprint density at radius 2 is 1.97 bits per heavy atom. The monoisotopic (exact) mass is 422 g/mol. The maximum atomic E-state index is 13.4. The van der Waals surface area contributed by atoms with Crippen LogP contribution >= 0.6 is 0 Å². The first-order chi connectivity index (χ1) is 15.0. The first-order valence-electron chi connectivity index (χ1n) is 11.5. The van der Waals surface area contributed by atoms with Gasteiger partial charge in [-0.3, -0.25) is 14.5 Å². The van der Waals surface area contributed by atoms with Gasteiger partial charge in [0.25, 0.3) is 5.91 Å². The quantitative estimate of drug-likeness (QED) is 0.742. The Labute approximate surface area is 182 Å². The Bertz CT molecular complexity index is 989. The summed E-state index contributed by atoms with van der Waals surface area (Å²) < 4.78 is 1.89. The second-order valence-corrected chi connectivity index (χ2v) is 9.73. The largest absolute Gasteiger partial charge is 0.337 e. The van der Waals surface area contributed by atoms with Gasteiger partial charge in [0.05, 0.1) is 0 Å². The second-order valence-electron chi connectivity index (χ2n) is 9.73. The van der Waals surface area contributed by atoms with Crippen LogP contribution in [-0.2, 0) is 4.79 Å². The van der Waals surface area contributed by atoms with Crippen LogP contribution in [0.4, 0.5) is 0 Å². The summed E-state index contributed by atoms with van der Waals surface area (Å²) in [7, 11) is 2.11. The van der Waals surface area contributed by atoms with Crippen LogP contribution in [0, 0.1) is 5.92 Å². The number of likely N-dealkylation sites (N-methyl/N-ethyl adjacent to an activating group) is 1. The van der Waals surface area contributed by atoms with Crippen molar-refractivity contribution in [3.05, 3.63) is 36.3 Å². The van der Waals surface area contributed by atoms with Gasteiger partial charge in [0.1, 0.15) is 23.0 Å². The lowest BCUT2D eigenvalue weighted by Gasteiger charge is -2.50. The van der Waals surface area contributed by atoms with Crippen molar-refractivity contribution in [2.75, 3.05) is 46.3 Å². The molecule has 0 aromatic carbocycles. The molecule has 31 heavy (non-hydrogen) atoms. The van der Waals surface area contributed by atoms with E-state index in [-0.39, 0.29) is 17.6 Å². The van der Waals surface area contributed by atoms with E-state index in [0.29, 0.717) is 30.6 Å². The molecule has 0 bridgehead atoms. The number of imidazole rings is 1. The Balaban J connectivity index is 1.23. The molecule has 1 spiro atoms. The van der Waals surface area contributed by atoms with Gasteiger partial charge in [0, 0.05) is 64.5 Å². The number of fused-ring (bicyclic) bond motifs is 3. The number of carbonyl (C=O) groups is 2. The van der Waals surface area contributed by atoms with Crippen LogP contribution in [-0.4, -0.2) is 98.8 Å². The van der Waals surface area contributed by atoms with Gasteiger partial charge >= 0.3 is 0 Å². The molecule has 8 heteroatoms. The number of hydrogen-bond donors (Lipinski definition) is 0. The maximum absolute atomic E-state index is 13.4. The van der Waals surface area contributed by atoms with Gasteiger partial charge in [-0.05, 0) is 37.9 Å². The van der Waals surface area contributed by atoms with Gasteiger partial charge in [0.15, 0.2) is 0 Å². The molecule has 2 amide bonds. The van der Waals surface area contributed by atoms with Gasteiger partial charge in [-0.15, -0.1) is 0 Å². The first-order valence-corrected chi connectivity index (χ1v) is 11.5. The molecule has 164 valence electrons. The van der Waals surface area contributed by atoms with E-state index in [1.165, 1.54) is 12.8 Å². The van der Waals surface area contributed by atoms with E-state index in [9.17, 15) is 9.59 Å². The van der Waals surface area contributed by atoms with Crippen molar-refractivity contribution in [2.24, 2.45) is 5.92 Å². The number of likely N-dealkylation sites (tertiary alicyclic amines) is 1. The topological polar surface area (TPSA) is 64.4 Å². The first kappa shape index (κ1) is 19.3. The van der Waals surface area contributed by atoms with Crippen LogP contribution < -0.4 is 0 Å². The molecule has 6 rings (SSSR count). The fraction of sp³-hybridized carbons (Fsp3) is 0.609. The zero-order valence-corrected chi connectivity index (χ0v) is 18.1. The zero-order chi connectivity index (χ0) is 21.2. The number of hydrogen-bond acceptors (Lipinski definition) is 5. The molecule has 4 aliphatic rings. The van der Waals surface area contributed by atoms with Crippen LogP contribution in [0.15, 0.2) is 30.6 Å². The molecular weight excluding hydrogens is 392 g/mol. The van der Waals surface area contributed by atoms with Crippen molar-refractivity contribution >= 4 is 17.5 Å². The molecular formula is C23H30N6O2. The van der Waals surface area contributed by atoms with Crippen LogP contribution in [0.25, 0.3) is 5.65 Å². The number of rotatable bonds is 3. The van der Waals surface area contributed by atoms with Crippen LogP contribution in [0.5, 0.6) is 0 Å². The normalized spacial score (nSPS) is 26.7. The van der Waals surface area contributed by atoms with Crippen LogP contribution in [0.3, 0.4) is 0 Å². The van der Waals surface area contributed by atoms with Gasteiger partial charge in [-0.1, -0.05) is 6.07 Å². The lowest BCUT2D eigenvalue weighted by molar-refractivity contribution is -0.134. The zero-order valence-electron chi connectivity index (χ0n) is 18.1. The molecule has 0 unspecified atom stereocenters. The van der Waals surface area contributed by atoms with Gasteiger partial charge < -0.3 is 19.1 Å². The molecule has 2 aromatic heterocycles. The summed E-state index contributed by atoms with van der Waals surface area (Å²) >= 11 is 0. The molecule has 4 fully saturated rings. The molecule has 3 aliphatic heterocycles. The average Bonchev–Trinajstić information content (AvgIpc) is 3.47. The Hall–Kier alpha value is -2.45. The summed E-state index contributed by atoms with van der Waals surface area (Å²) in [5.41, 5.74) is 1.06. The van der Waals surface area contributed by atoms with E-state index < -0.39 is 0 Å². The summed E-state index contributed by atoms with van der Waals surface area (Å²) in [5.74, 6) is 0.961. The van der Waals surface area contributed by atoms with Crippen molar-refractivity contribution in [3.63, 3.8) is 0 Å². The average molecular weight is 423 g/mol. The molecule has 0 N–H and O–H groups in total. The lowest BCUT2D eigenvalue weighted by atomic mass is 9.93. The number of nitrogens with zero attached hydrogens (tertiary/aromatic N) is 6. The number of piperazine rings is 1. The number of amides is 2. The van der Waals surface area contributed by atoms with E-state index in [1.54, 1.807) is 0 Å². The highest BCUT2D eigenvalue weighted by Gasteiger charge is 2.59. The van der Waals surface area contributed by atoms with Crippen molar-refractivity contribution in [1.29, 1.82) is 0 Å². The number of carbonyl (C=O) groups excluding carboxylic acids is 2. The molecule has 1 atom stereocenters. The van der Waals surface area contributed by atoms with Crippen molar-refractivity contribution < 1.29 is 9.59 Å². The summed E-state index contributed by atoms with van der Waals surface area (Å²) in [6, 6.07) is 5.75. The fourth-order valence-corrected chi connectivity index (χ4v) is 5.81. The Morgan fingerprint density at radius 3 is 2.71 bits per heavy atom. The molecule has 1 saturated carbocycles. The minimum Gasteiger partial charge on any atom is -0.337 e. The van der Waals surface area contributed by atoms with Crippen molar-refractivity contribution in [2.45, 2.75) is 37.4 Å². The third kappa shape index (κ3) is 3.07. The van der Waals surface area contributed by atoms with Gasteiger partial charge in [0.2, 0.25) is 5.91 Å². The van der Waals surface area contributed by atoms with E-state index in [4.69, 9.17) is 0 Å². The smallest absolute Gasteiger partial charge is 0.274 e. The second kappa shape index (κ2) is 7.03. The molecule has 8 nitrogen and oxygen atoms in total. The fourth-order valence-electron chi connectivity index (χ4n) is 5.81. The van der Waals surface area contributed by atoms with E-state index in [1.807, 2.05) is 39.9 Å². The Kier molecular flexibility index (Phi) is 4.37. The number of aromatic nitrogens is 2. The highest BCUT2D eigenvalue weighted by Crippen LogP contribution is 2.44. The van der Waals surface area contributed by atoms with Crippen molar-refractivity contribution in [3.8, 4) is 0 Å². The molecule has 3 saturated heterocycles. The lowest BCUT2D eigenvalue weighted by Crippen LogP contribution is -2.63. The maximum Gasteiger partial charge on any atom is 0.274 e. The summed E-state index contributed by atoms with van der Waals surface area (Å²) in [4.78, 5) is 40.0. The summed E-state index contributed by atoms with van der Waals surface area (Å²) in [6.07, 6.45) is 7.86. The van der Waals surface area contributed by atoms with E-state index in [2.05, 4.69) is 26.7 Å². The van der Waals surface area contributed by atoms with E-state index in [0.717, 1.165) is 44.7 Å². The predicted molar refractivity (Wildman–Crippen MR) is 115 cm³/mol. The van der Waals surface area contributed by atoms with Gasteiger partial charge in [-0.25, -0.2) is 4.98 Å². The minimum atomic E-state index is -0.221. The molecule has 5 heterocycles. The minimum absolute atomic E-state index is 0.00783. The summed E-state index contributed by atoms with van der Waals surface area (Å²) in [5, 5.41) is 0. The van der Waals surface area contributed by atoms with Crippen molar-refractivity contribution in [1.82, 2.24) is 29.0 Å². The Morgan fingerprint density at radius 1 is 1.16 bits per heavy atom. The van der Waals surface area contributed by atoms with E-state index >= 15 is 0 Å². The third-order valence-electron chi connectivity index (χ3n) is 7.74. The highest BCUT2D eigenvalue weighted by atomic mass is 16.2. The standard InChI is InChI=1S/C23H30N6O2/c1-25-12-13-28-19(16-25)22(31)29(14-17-5-6-17)23(28)7-10-26(11-8-23)21(30)18-15-27-9-3-2-4-20(27)24-18/h2-4,9,15,17,19H,5-8,10-14,16H2,1H3/t19-/m1/s1. The number of piperidine rings is 1. The molecule has 0 radical (unpaired) electrons. The number of pyridine rings is 1. The van der Waals surface area contributed by atoms with Crippen LogP contribution in [0.2, 0.25) is 0 Å². The predicted octanol–water partition coefficient (Wildman–Crippen LogP) is 1.13.